The maximum atomic E-state index is 13.1. The number of furan rings is 1. The number of carbonyl (C=O) groups is 3. The second-order valence-electron chi connectivity index (χ2n) is 8.42. The molecule has 9 nitrogen and oxygen atoms in total. The van der Waals surface area contributed by atoms with E-state index in [1.807, 2.05) is 4.90 Å². The van der Waals surface area contributed by atoms with E-state index >= 15 is 0 Å². The molecule has 3 N–H and O–H groups in total. The van der Waals surface area contributed by atoms with Crippen LogP contribution in [0.4, 0.5) is 11.5 Å². The van der Waals surface area contributed by atoms with Crippen LogP contribution in [0.3, 0.4) is 0 Å². The number of hydrogen-bond acceptors (Lipinski definition) is 6. The van der Waals surface area contributed by atoms with E-state index in [1.54, 1.807) is 43.4 Å². The number of nitrogens with zero attached hydrogens (tertiary/aromatic N) is 2. The van der Waals surface area contributed by atoms with Gasteiger partial charge < -0.3 is 20.2 Å². The lowest BCUT2D eigenvalue weighted by Gasteiger charge is -2.33. The number of amides is 2. The van der Waals surface area contributed by atoms with Crippen molar-refractivity contribution in [3.8, 4) is 0 Å². The first-order chi connectivity index (χ1) is 16.3. The highest BCUT2D eigenvalue weighted by atomic mass is 35.5. The lowest BCUT2D eigenvalue weighted by molar-refractivity contribution is -0.139. The van der Waals surface area contributed by atoms with E-state index in [9.17, 15) is 14.4 Å². The highest BCUT2D eigenvalue weighted by Gasteiger charge is 2.31. The van der Waals surface area contributed by atoms with Crippen molar-refractivity contribution in [2.24, 2.45) is 5.92 Å². The Morgan fingerprint density at radius 1 is 1.08 bits per heavy atom. The molecule has 2 heterocycles. The molecule has 12 heteroatoms. The standard InChI is InChI=1S/C24H25ClN4O5.2ClH/c1-29(13-20(30)31)16-9-6-14(7-10-16)23(32)28-21-17-4-2-3-5-18(17)34-22(21)24(33)27-19-11-8-15(25)12-26-19;;/h2-5,8,11-12,14,16H,6-7,9-10,13H2,1H3,(H,28,32)(H,30,31)(H,26,27,33);2*1H. The average molecular weight is 558 g/mol. The minimum absolute atomic E-state index is 0. The van der Waals surface area contributed by atoms with Crippen molar-refractivity contribution in [1.82, 2.24) is 9.88 Å². The maximum Gasteiger partial charge on any atom is 0.317 e. The fourth-order valence-corrected chi connectivity index (χ4v) is 4.41. The van der Waals surface area contributed by atoms with Crippen molar-refractivity contribution in [1.29, 1.82) is 0 Å². The van der Waals surface area contributed by atoms with Crippen molar-refractivity contribution < 1.29 is 23.9 Å². The van der Waals surface area contributed by atoms with Gasteiger partial charge in [-0.3, -0.25) is 19.3 Å². The zero-order valence-corrected chi connectivity index (χ0v) is 21.8. The molecule has 1 aromatic carbocycles. The summed E-state index contributed by atoms with van der Waals surface area (Å²) >= 11 is 5.85. The van der Waals surface area contributed by atoms with Crippen molar-refractivity contribution in [2.45, 2.75) is 31.7 Å². The summed E-state index contributed by atoms with van der Waals surface area (Å²) in [6, 6.07) is 10.4. The number of para-hydroxylation sites is 1. The molecule has 4 rings (SSSR count). The van der Waals surface area contributed by atoms with E-state index in [2.05, 4.69) is 15.6 Å². The molecule has 3 aromatic rings. The summed E-state index contributed by atoms with van der Waals surface area (Å²) in [6.07, 6.45) is 4.13. The zero-order chi connectivity index (χ0) is 24.2. The second kappa shape index (κ2) is 12.9. The maximum absolute atomic E-state index is 13.1. The number of anilines is 2. The van der Waals surface area contributed by atoms with Gasteiger partial charge in [0.25, 0.3) is 5.91 Å². The smallest absolute Gasteiger partial charge is 0.317 e. The van der Waals surface area contributed by atoms with Gasteiger partial charge in [0, 0.05) is 23.5 Å². The Labute approximate surface area is 225 Å². The number of pyridine rings is 1. The van der Waals surface area contributed by atoms with Crippen LogP contribution in [-0.4, -0.2) is 52.4 Å². The van der Waals surface area contributed by atoms with Crippen LogP contribution >= 0.6 is 36.4 Å². The number of carboxylic acids is 1. The molecule has 0 saturated heterocycles. The number of fused-ring (bicyclic) bond motifs is 1. The first kappa shape index (κ1) is 29.4. The third-order valence-electron chi connectivity index (χ3n) is 6.09. The molecule has 0 unspecified atom stereocenters. The Morgan fingerprint density at radius 3 is 2.42 bits per heavy atom. The number of hydrogen-bond donors (Lipinski definition) is 3. The van der Waals surface area contributed by atoms with Crippen LogP contribution in [0.5, 0.6) is 0 Å². The van der Waals surface area contributed by atoms with Gasteiger partial charge in [0.2, 0.25) is 11.7 Å². The van der Waals surface area contributed by atoms with Crippen LogP contribution < -0.4 is 10.6 Å². The topological polar surface area (TPSA) is 125 Å². The lowest BCUT2D eigenvalue weighted by atomic mass is 9.85. The summed E-state index contributed by atoms with van der Waals surface area (Å²) in [5.74, 6) is -1.55. The van der Waals surface area contributed by atoms with Gasteiger partial charge in [-0.15, -0.1) is 24.8 Å². The van der Waals surface area contributed by atoms with E-state index < -0.39 is 11.9 Å². The van der Waals surface area contributed by atoms with Crippen LogP contribution in [-0.2, 0) is 9.59 Å². The lowest BCUT2D eigenvalue weighted by Crippen LogP contribution is -2.40. The van der Waals surface area contributed by atoms with Gasteiger partial charge in [0.15, 0.2) is 0 Å². The van der Waals surface area contributed by atoms with Crippen molar-refractivity contribution in [2.75, 3.05) is 24.2 Å². The summed E-state index contributed by atoms with van der Waals surface area (Å²) in [5, 5.41) is 15.7. The molecule has 0 spiro atoms. The highest BCUT2D eigenvalue weighted by molar-refractivity contribution is 6.30. The number of likely N-dealkylation sites (N-methyl/N-ethyl adjacent to an activating group) is 1. The molecular weight excluding hydrogens is 531 g/mol. The molecule has 0 aliphatic heterocycles. The van der Waals surface area contributed by atoms with Crippen LogP contribution in [0.2, 0.25) is 5.02 Å². The number of nitrogens with one attached hydrogen (secondary N) is 2. The monoisotopic (exact) mass is 556 g/mol. The predicted octanol–water partition coefficient (Wildman–Crippen LogP) is 5.09. The van der Waals surface area contributed by atoms with Gasteiger partial charge in [-0.2, -0.15) is 0 Å². The van der Waals surface area contributed by atoms with E-state index in [0.717, 1.165) is 12.8 Å². The number of carboxylic acid groups (broad SMARTS) is 1. The number of aromatic nitrogens is 1. The SMILES string of the molecule is CN(CC(=O)O)C1CCC(C(=O)Nc2c(C(=O)Nc3ccc(Cl)cn3)oc3ccccc23)CC1.Cl.Cl. The number of benzene rings is 1. The molecule has 1 aliphatic carbocycles. The van der Waals surface area contributed by atoms with Crippen LogP contribution in [0, 0.1) is 5.92 Å². The average Bonchev–Trinajstić information content (AvgIpc) is 3.19. The zero-order valence-electron chi connectivity index (χ0n) is 19.4. The van der Waals surface area contributed by atoms with Gasteiger partial charge >= 0.3 is 5.97 Å². The Bertz CT molecular complexity index is 1210. The second-order valence-corrected chi connectivity index (χ2v) is 8.86. The van der Waals surface area contributed by atoms with Gasteiger partial charge in [0.05, 0.1) is 11.6 Å². The van der Waals surface area contributed by atoms with E-state index in [4.69, 9.17) is 21.1 Å². The van der Waals surface area contributed by atoms with Crippen molar-refractivity contribution in [3.63, 3.8) is 0 Å². The Kier molecular flexibility index (Phi) is 10.5. The van der Waals surface area contributed by atoms with Crippen LogP contribution in [0.25, 0.3) is 11.0 Å². The molecule has 2 aromatic heterocycles. The summed E-state index contributed by atoms with van der Waals surface area (Å²) in [4.78, 5) is 42.9. The van der Waals surface area contributed by atoms with Gasteiger partial charge in [-0.25, -0.2) is 4.98 Å². The third-order valence-corrected chi connectivity index (χ3v) is 6.32. The molecule has 0 atom stereocenters. The molecule has 1 saturated carbocycles. The number of aliphatic carboxylic acids is 1. The quantitative estimate of drug-likeness (QED) is 0.369. The fraction of sp³-hybridized carbons (Fsp3) is 0.333. The Balaban J connectivity index is 0.00000228. The highest BCUT2D eigenvalue weighted by Crippen LogP contribution is 2.34. The minimum atomic E-state index is -0.867. The number of halogens is 3. The van der Waals surface area contributed by atoms with Crippen molar-refractivity contribution >= 4 is 76.7 Å². The summed E-state index contributed by atoms with van der Waals surface area (Å²) < 4.78 is 5.79. The Morgan fingerprint density at radius 2 is 1.78 bits per heavy atom. The number of carbonyl (C=O) groups excluding carboxylic acids is 2. The summed E-state index contributed by atoms with van der Waals surface area (Å²) in [7, 11) is 1.79. The molecule has 0 bridgehead atoms. The first-order valence-electron chi connectivity index (χ1n) is 11.0. The van der Waals surface area contributed by atoms with Gasteiger partial charge in [-0.1, -0.05) is 23.7 Å². The summed E-state index contributed by atoms with van der Waals surface area (Å²) in [5.41, 5.74) is 0.795. The molecule has 1 fully saturated rings. The van der Waals surface area contributed by atoms with E-state index in [0.29, 0.717) is 40.3 Å². The minimum Gasteiger partial charge on any atom is -0.480 e. The predicted molar refractivity (Wildman–Crippen MR) is 143 cm³/mol. The third kappa shape index (κ3) is 6.88. The normalized spacial score (nSPS) is 17.1. The van der Waals surface area contributed by atoms with Gasteiger partial charge in [-0.05, 0) is 57.0 Å². The molecule has 1 aliphatic rings. The largest absolute Gasteiger partial charge is 0.480 e. The van der Waals surface area contributed by atoms with Crippen LogP contribution in [0.1, 0.15) is 36.2 Å². The number of rotatable bonds is 7. The molecular formula is C24H27Cl3N4O5. The Hall–Kier alpha value is -2.85. The first-order valence-corrected chi connectivity index (χ1v) is 11.4. The molecule has 0 radical (unpaired) electrons. The van der Waals surface area contributed by atoms with Crippen LogP contribution in [0.15, 0.2) is 47.0 Å². The van der Waals surface area contributed by atoms with E-state index in [-0.39, 0.29) is 55.0 Å². The molecule has 36 heavy (non-hydrogen) atoms. The van der Waals surface area contributed by atoms with Crippen molar-refractivity contribution in [3.05, 3.63) is 53.4 Å². The van der Waals surface area contributed by atoms with Gasteiger partial charge in [0.1, 0.15) is 17.1 Å². The molecule has 194 valence electrons. The molecule has 2 amide bonds. The summed E-state index contributed by atoms with van der Waals surface area (Å²) in [6.45, 7) is -0.0243. The van der Waals surface area contributed by atoms with E-state index in [1.165, 1.54) is 6.20 Å². The fourth-order valence-electron chi connectivity index (χ4n) is 4.30.